The average Bonchev–Trinajstić information content (AvgIpc) is 3.85. The highest BCUT2D eigenvalue weighted by Crippen LogP contribution is 2.61. The van der Waals surface area contributed by atoms with E-state index in [1.165, 1.54) is 51.4 Å². The van der Waals surface area contributed by atoms with Crippen LogP contribution in [-0.2, 0) is 0 Å². The molecule has 17 atom stereocenters. The molecule has 286 valence electrons. The number of likely N-dealkylation sites (tertiary alicyclic amines) is 2. The molecule has 0 bridgehead atoms. The second-order valence-electron chi connectivity index (χ2n) is 21.7. The first-order valence-corrected chi connectivity index (χ1v) is 25.5. The molecule has 0 amide bonds. The minimum Gasteiger partial charge on any atom is -0.294 e. The summed E-state index contributed by atoms with van der Waals surface area (Å²) in [5.41, 5.74) is 0. The summed E-state index contributed by atoms with van der Waals surface area (Å²) in [6.07, 6.45) is 47.0. The van der Waals surface area contributed by atoms with E-state index in [0.717, 1.165) is 106 Å². The van der Waals surface area contributed by atoms with Crippen LogP contribution < -0.4 is 0 Å². The molecule has 0 aromatic carbocycles. The quantitative estimate of drug-likeness (QED) is 0.286. The highest BCUT2D eigenvalue weighted by molar-refractivity contribution is 8.00. The molecule has 51 heavy (non-hydrogen) atoms. The van der Waals surface area contributed by atoms with Crippen molar-refractivity contribution in [2.24, 2.45) is 59.2 Å². The number of hydrogen-bond acceptors (Lipinski definition) is 3. The van der Waals surface area contributed by atoms with Crippen molar-refractivity contribution in [2.45, 2.75) is 239 Å². The van der Waals surface area contributed by atoms with Crippen LogP contribution in [0.5, 0.6) is 0 Å². The van der Waals surface area contributed by atoms with Gasteiger partial charge < -0.3 is 0 Å². The molecule has 2 nitrogen and oxygen atoms in total. The zero-order valence-corrected chi connectivity index (χ0v) is 33.7. The maximum Gasteiger partial charge on any atom is 0.0135 e. The molecule has 0 aromatic rings. The first-order chi connectivity index (χ1) is 25.3. The molecule has 17 unspecified atom stereocenters. The van der Waals surface area contributed by atoms with Crippen molar-refractivity contribution in [2.75, 3.05) is 0 Å². The second-order valence-corrected chi connectivity index (χ2v) is 23.1. The van der Waals surface area contributed by atoms with Crippen molar-refractivity contribution in [3.8, 4) is 0 Å². The van der Waals surface area contributed by atoms with Crippen LogP contribution >= 0.6 is 11.8 Å². The van der Waals surface area contributed by atoms with Crippen molar-refractivity contribution < 1.29 is 0 Å². The predicted molar refractivity (Wildman–Crippen MR) is 215 cm³/mol. The van der Waals surface area contributed by atoms with Gasteiger partial charge in [0.15, 0.2) is 0 Å². The molecule has 11 fully saturated rings. The molecular weight excluding hydrogens is 637 g/mol. The Morgan fingerprint density at radius 3 is 1.73 bits per heavy atom. The maximum absolute atomic E-state index is 3.38. The van der Waals surface area contributed by atoms with Crippen LogP contribution in [0.25, 0.3) is 0 Å². The molecule has 11 aliphatic rings. The Kier molecular flexibility index (Phi) is 9.91. The van der Waals surface area contributed by atoms with E-state index < -0.39 is 0 Å². The molecule has 3 heteroatoms. The molecule has 11 rings (SSSR count). The first-order valence-electron chi connectivity index (χ1n) is 24.5. The Labute approximate surface area is 318 Å². The summed E-state index contributed by atoms with van der Waals surface area (Å²) in [6, 6.07) is 5.79. The van der Waals surface area contributed by atoms with Gasteiger partial charge in [-0.3, -0.25) is 9.80 Å². The summed E-state index contributed by atoms with van der Waals surface area (Å²) in [5.74, 6) is 10.8. The Balaban J connectivity index is 0.829. The number of rotatable bonds is 4. The molecule has 3 heterocycles. The molecule has 8 aliphatic carbocycles. The van der Waals surface area contributed by atoms with E-state index in [9.17, 15) is 0 Å². The van der Waals surface area contributed by atoms with E-state index in [2.05, 4.69) is 21.6 Å². The van der Waals surface area contributed by atoms with Crippen molar-refractivity contribution in [1.29, 1.82) is 0 Å². The maximum atomic E-state index is 3.38. The summed E-state index contributed by atoms with van der Waals surface area (Å²) >= 11 is 2.49. The summed E-state index contributed by atoms with van der Waals surface area (Å²) in [6.45, 7) is 0. The Bertz CT molecular complexity index is 1200. The zero-order valence-electron chi connectivity index (χ0n) is 32.9. The Morgan fingerprint density at radius 1 is 0.294 bits per heavy atom. The molecule has 3 aliphatic heterocycles. The van der Waals surface area contributed by atoms with Gasteiger partial charge in [-0.25, -0.2) is 0 Å². The summed E-state index contributed by atoms with van der Waals surface area (Å²) < 4.78 is 0. The van der Waals surface area contributed by atoms with E-state index >= 15 is 0 Å². The second kappa shape index (κ2) is 14.6. The number of fused-ring (bicyclic) bond motifs is 9. The number of hydrogen-bond donors (Lipinski definition) is 0. The van der Waals surface area contributed by atoms with Gasteiger partial charge in [-0.15, -0.1) is 0 Å². The smallest absolute Gasteiger partial charge is 0.0135 e. The van der Waals surface area contributed by atoms with E-state index in [1.807, 2.05) is 0 Å². The molecule has 0 spiro atoms. The van der Waals surface area contributed by atoms with Crippen LogP contribution in [-0.4, -0.2) is 56.6 Å². The zero-order chi connectivity index (χ0) is 33.5. The molecule has 0 radical (unpaired) electrons. The topological polar surface area (TPSA) is 6.48 Å². The summed E-state index contributed by atoms with van der Waals surface area (Å²) in [5, 5.41) is 2.08. The molecule has 0 aromatic heterocycles. The average molecular weight is 715 g/mol. The lowest BCUT2D eigenvalue weighted by Gasteiger charge is -2.51. The Hall–Kier alpha value is 0.270. The van der Waals surface area contributed by atoms with E-state index in [4.69, 9.17) is 0 Å². The SMILES string of the molecule is C1CCC(N2C3CCCCC3C3C(C4CCCCC4C4CCC5C(C4)C4CCCCC4N5C4CCC5SC6CCCCC6C5C4)CCCC32)CC1. The fraction of sp³-hybridized carbons (Fsp3) is 1.00. The third kappa shape index (κ3) is 5.95. The standard InChI is InChI=1S/C48H78N2S/c1-2-13-32(14-3-1)49-43-22-10-7-19-39(43)48-38(20-12-23-45(48)49)35-16-5-4-15-34(35)31-25-27-44-40(29-31)36-17-6-9-21-42(36)50(44)33-26-28-47-41(30-33)37-18-8-11-24-46(37)51-47/h31-48H,1-30H2. The van der Waals surface area contributed by atoms with Gasteiger partial charge in [-0.05, 0) is 175 Å². The van der Waals surface area contributed by atoms with E-state index in [1.54, 1.807) is 141 Å². The molecule has 0 N–H and O–H groups in total. The van der Waals surface area contributed by atoms with Gasteiger partial charge >= 0.3 is 0 Å². The van der Waals surface area contributed by atoms with Gasteiger partial charge in [0.2, 0.25) is 0 Å². The molecule has 8 saturated carbocycles. The van der Waals surface area contributed by atoms with Crippen molar-refractivity contribution in [3.63, 3.8) is 0 Å². The van der Waals surface area contributed by atoms with Crippen molar-refractivity contribution >= 4 is 11.8 Å². The fourth-order valence-electron chi connectivity index (χ4n) is 18.4. The first kappa shape index (κ1) is 34.5. The monoisotopic (exact) mass is 715 g/mol. The minimum absolute atomic E-state index is 0.948. The highest BCUT2D eigenvalue weighted by Gasteiger charge is 2.59. The number of thioether (sulfide) groups is 1. The van der Waals surface area contributed by atoms with E-state index in [0.29, 0.717) is 0 Å². The lowest BCUT2D eigenvalue weighted by Crippen LogP contribution is -2.51. The predicted octanol–water partition coefficient (Wildman–Crippen LogP) is 12.3. The normalized spacial score (nSPS) is 53.8. The van der Waals surface area contributed by atoms with Gasteiger partial charge in [-0.2, -0.15) is 11.8 Å². The number of nitrogens with zero attached hydrogens (tertiary/aromatic N) is 2. The molecule has 3 saturated heterocycles. The minimum atomic E-state index is 0.948. The lowest BCUT2D eigenvalue weighted by atomic mass is 9.55. The third-order valence-corrected chi connectivity index (χ3v) is 21.8. The van der Waals surface area contributed by atoms with Crippen LogP contribution in [0, 0.1) is 59.2 Å². The fourth-order valence-corrected chi connectivity index (χ4v) is 20.5. The van der Waals surface area contributed by atoms with Crippen LogP contribution in [0.3, 0.4) is 0 Å². The van der Waals surface area contributed by atoms with Gasteiger partial charge in [0.05, 0.1) is 0 Å². The van der Waals surface area contributed by atoms with Crippen molar-refractivity contribution in [1.82, 2.24) is 9.80 Å². The van der Waals surface area contributed by atoms with Crippen LogP contribution in [0.4, 0.5) is 0 Å². The highest BCUT2D eigenvalue weighted by atomic mass is 32.2. The van der Waals surface area contributed by atoms with Crippen LogP contribution in [0.15, 0.2) is 0 Å². The molecular formula is C48H78N2S. The van der Waals surface area contributed by atoms with Crippen LogP contribution in [0.2, 0.25) is 0 Å². The van der Waals surface area contributed by atoms with Crippen LogP contribution in [0.1, 0.15) is 193 Å². The van der Waals surface area contributed by atoms with Gasteiger partial charge in [0.1, 0.15) is 0 Å². The third-order valence-electron chi connectivity index (χ3n) is 19.9. The van der Waals surface area contributed by atoms with Gasteiger partial charge in [0.25, 0.3) is 0 Å². The summed E-state index contributed by atoms with van der Waals surface area (Å²) in [4.78, 5) is 6.71. The largest absolute Gasteiger partial charge is 0.294 e. The van der Waals surface area contributed by atoms with E-state index in [-0.39, 0.29) is 0 Å². The van der Waals surface area contributed by atoms with Crippen molar-refractivity contribution in [3.05, 3.63) is 0 Å². The van der Waals surface area contributed by atoms with Gasteiger partial charge in [0, 0.05) is 46.8 Å². The van der Waals surface area contributed by atoms with Gasteiger partial charge in [-0.1, -0.05) is 77.0 Å². The summed E-state index contributed by atoms with van der Waals surface area (Å²) in [7, 11) is 0. The lowest BCUT2D eigenvalue weighted by molar-refractivity contribution is -0.00993. The Morgan fingerprint density at radius 2 is 0.882 bits per heavy atom.